The summed E-state index contributed by atoms with van der Waals surface area (Å²) in [4.78, 5) is 5.05. The van der Waals surface area contributed by atoms with Crippen molar-refractivity contribution in [2.45, 2.75) is 19.9 Å². The standard InChI is InChI=1S/C12H23N5/c1-2-3-15-4-6-16(7-5-15)8-9-17-11-12(13)10-14-17/h10-11H,2-9,13H2,1H3. The summed E-state index contributed by atoms with van der Waals surface area (Å²) in [5.41, 5.74) is 6.38. The van der Waals surface area contributed by atoms with Gasteiger partial charge in [-0.25, -0.2) is 0 Å². The molecule has 2 N–H and O–H groups in total. The second kappa shape index (κ2) is 6.02. The second-order valence-electron chi connectivity index (χ2n) is 4.72. The van der Waals surface area contributed by atoms with Crippen LogP contribution in [0, 0.1) is 0 Å². The fourth-order valence-corrected chi connectivity index (χ4v) is 2.30. The summed E-state index contributed by atoms with van der Waals surface area (Å²) >= 11 is 0. The number of nitrogens with two attached hydrogens (primary N) is 1. The predicted molar refractivity (Wildman–Crippen MR) is 69.8 cm³/mol. The fourth-order valence-electron chi connectivity index (χ4n) is 2.30. The van der Waals surface area contributed by atoms with Crippen LogP contribution in [-0.4, -0.2) is 58.8 Å². The zero-order valence-corrected chi connectivity index (χ0v) is 10.7. The van der Waals surface area contributed by atoms with E-state index in [1.165, 1.54) is 39.1 Å². The first-order chi connectivity index (χ1) is 8.28. The smallest absolute Gasteiger partial charge is 0.0719 e. The zero-order valence-electron chi connectivity index (χ0n) is 10.7. The summed E-state index contributed by atoms with van der Waals surface area (Å²) < 4.78 is 1.92. The SMILES string of the molecule is CCCN1CCN(CCn2cc(N)cn2)CC1. The lowest BCUT2D eigenvalue weighted by Crippen LogP contribution is -2.47. The van der Waals surface area contributed by atoms with Gasteiger partial charge in [0.1, 0.15) is 0 Å². The van der Waals surface area contributed by atoms with Crippen molar-refractivity contribution in [1.29, 1.82) is 0 Å². The van der Waals surface area contributed by atoms with Crippen molar-refractivity contribution in [2.24, 2.45) is 0 Å². The third-order valence-corrected chi connectivity index (χ3v) is 3.30. The number of nitrogen functional groups attached to an aromatic ring is 1. The first-order valence-corrected chi connectivity index (χ1v) is 6.50. The Morgan fingerprint density at radius 2 is 1.76 bits per heavy atom. The second-order valence-corrected chi connectivity index (χ2v) is 4.72. The molecule has 0 unspecified atom stereocenters. The molecule has 1 aliphatic heterocycles. The molecule has 96 valence electrons. The molecular weight excluding hydrogens is 214 g/mol. The maximum absolute atomic E-state index is 5.64. The van der Waals surface area contributed by atoms with Gasteiger partial charge in [0.25, 0.3) is 0 Å². The summed E-state index contributed by atoms with van der Waals surface area (Å²) in [7, 11) is 0. The number of aromatic nitrogens is 2. The van der Waals surface area contributed by atoms with E-state index in [0.29, 0.717) is 0 Å². The minimum atomic E-state index is 0.748. The van der Waals surface area contributed by atoms with E-state index in [0.717, 1.165) is 18.8 Å². The topological polar surface area (TPSA) is 50.3 Å². The van der Waals surface area contributed by atoms with Gasteiger partial charge in [-0.3, -0.25) is 9.58 Å². The molecule has 0 aliphatic carbocycles. The average molecular weight is 237 g/mol. The first-order valence-electron chi connectivity index (χ1n) is 6.50. The van der Waals surface area contributed by atoms with Crippen LogP contribution in [0.25, 0.3) is 0 Å². The molecule has 0 radical (unpaired) electrons. The van der Waals surface area contributed by atoms with Crippen LogP contribution in [0.1, 0.15) is 13.3 Å². The van der Waals surface area contributed by atoms with Gasteiger partial charge in [0.05, 0.1) is 18.4 Å². The third kappa shape index (κ3) is 3.71. The number of piperazine rings is 1. The Labute approximate surface area is 103 Å². The highest BCUT2D eigenvalue weighted by Gasteiger charge is 2.15. The van der Waals surface area contributed by atoms with Crippen LogP contribution in [0.4, 0.5) is 5.69 Å². The number of anilines is 1. The van der Waals surface area contributed by atoms with Crippen LogP contribution in [0.15, 0.2) is 12.4 Å². The molecule has 0 amide bonds. The highest BCUT2D eigenvalue weighted by molar-refractivity contribution is 5.30. The molecule has 0 atom stereocenters. The van der Waals surface area contributed by atoms with Crippen molar-refractivity contribution in [1.82, 2.24) is 19.6 Å². The quantitative estimate of drug-likeness (QED) is 0.810. The summed E-state index contributed by atoms with van der Waals surface area (Å²) in [6.45, 7) is 10.3. The van der Waals surface area contributed by atoms with Crippen LogP contribution in [0.5, 0.6) is 0 Å². The van der Waals surface area contributed by atoms with Crippen molar-refractivity contribution in [3.8, 4) is 0 Å². The Bertz CT molecular complexity index is 327. The van der Waals surface area contributed by atoms with E-state index in [1.54, 1.807) is 6.20 Å². The van der Waals surface area contributed by atoms with Crippen molar-refractivity contribution in [3.63, 3.8) is 0 Å². The van der Waals surface area contributed by atoms with Gasteiger partial charge < -0.3 is 10.6 Å². The van der Waals surface area contributed by atoms with Crippen LogP contribution >= 0.6 is 0 Å². The lowest BCUT2D eigenvalue weighted by atomic mass is 10.3. The summed E-state index contributed by atoms with van der Waals surface area (Å²) in [6.07, 6.45) is 4.86. The van der Waals surface area contributed by atoms with Gasteiger partial charge in [-0.2, -0.15) is 5.10 Å². The van der Waals surface area contributed by atoms with Gasteiger partial charge in [0.2, 0.25) is 0 Å². The van der Waals surface area contributed by atoms with Gasteiger partial charge in [-0.1, -0.05) is 6.92 Å². The van der Waals surface area contributed by atoms with Crippen molar-refractivity contribution < 1.29 is 0 Å². The molecule has 0 aromatic carbocycles. The Morgan fingerprint density at radius 3 is 2.29 bits per heavy atom. The van der Waals surface area contributed by atoms with E-state index in [2.05, 4.69) is 21.8 Å². The summed E-state index contributed by atoms with van der Waals surface area (Å²) in [6, 6.07) is 0. The lowest BCUT2D eigenvalue weighted by Gasteiger charge is -2.34. The molecular formula is C12H23N5. The molecule has 0 saturated carbocycles. The summed E-state index contributed by atoms with van der Waals surface area (Å²) in [5.74, 6) is 0. The Kier molecular flexibility index (Phi) is 4.39. The molecule has 2 heterocycles. The number of hydrogen-bond donors (Lipinski definition) is 1. The predicted octanol–water partition coefficient (Wildman–Crippen LogP) is 0.493. The van der Waals surface area contributed by atoms with Crippen molar-refractivity contribution in [3.05, 3.63) is 12.4 Å². The molecule has 1 saturated heterocycles. The van der Waals surface area contributed by atoms with E-state index < -0.39 is 0 Å². The van der Waals surface area contributed by atoms with Crippen molar-refractivity contribution in [2.75, 3.05) is 45.0 Å². The Balaban J connectivity index is 1.68. The van der Waals surface area contributed by atoms with Crippen LogP contribution in [0.2, 0.25) is 0 Å². The molecule has 0 spiro atoms. The minimum absolute atomic E-state index is 0.748. The Morgan fingerprint density at radius 1 is 1.12 bits per heavy atom. The number of hydrogen-bond acceptors (Lipinski definition) is 4. The largest absolute Gasteiger partial charge is 0.396 e. The highest BCUT2D eigenvalue weighted by Crippen LogP contribution is 2.03. The number of nitrogens with zero attached hydrogens (tertiary/aromatic N) is 4. The molecule has 2 rings (SSSR count). The molecule has 1 aromatic rings. The van der Waals surface area contributed by atoms with Crippen LogP contribution in [-0.2, 0) is 6.54 Å². The van der Waals surface area contributed by atoms with Gasteiger partial charge in [-0.05, 0) is 13.0 Å². The van der Waals surface area contributed by atoms with Gasteiger partial charge in [-0.15, -0.1) is 0 Å². The Hall–Kier alpha value is -1.07. The molecule has 5 heteroatoms. The molecule has 0 bridgehead atoms. The average Bonchev–Trinajstić information content (AvgIpc) is 2.75. The highest BCUT2D eigenvalue weighted by atomic mass is 15.3. The minimum Gasteiger partial charge on any atom is -0.396 e. The van der Waals surface area contributed by atoms with E-state index in [4.69, 9.17) is 5.73 Å². The molecule has 5 nitrogen and oxygen atoms in total. The van der Waals surface area contributed by atoms with Gasteiger partial charge >= 0.3 is 0 Å². The van der Waals surface area contributed by atoms with E-state index in [1.807, 2.05) is 10.9 Å². The molecule has 17 heavy (non-hydrogen) atoms. The van der Waals surface area contributed by atoms with Gasteiger partial charge in [0, 0.05) is 38.9 Å². The first kappa shape index (κ1) is 12.4. The normalized spacial score (nSPS) is 18.6. The maximum Gasteiger partial charge on any atom is 0.0719 e. The molecule has 1 fully saturated rings. The monoisotopic (exact) mass is 237 g/mol. The zero-order chi connectivity index (χ0) is 12.1. The third-order valence-electron chi connectivity index (χ3n) is 3.30. The fraction of sp³-hybridized carbons (Fsp3) is 0.750. The molecule has 1 aliphatic rings. The van der Waals surface area contributed by atoms with E-state index >= 15 is 0 Å². The van der Waals surface area contributed by atoms with Crippen LogP contribution < -0.4 is 5.73 Å². The lowest BCUT2D eigenvalue weighted by molar-refractivity contribution is 0.128. The summed E-state index contributed by atoms with van der Waals surface area (Å²) in [5, 5.41) is 4.20. The van der Waals surface area contributed by atoms with Gasteiger partial charge in [0.15, 0.2) is 0 Å². The molecule has 1 aromatic heterocycles. The van der Waals surface area contributed by atoms with Crippen LogP contribution in [0.3, 0.4) is 0 Å². The van der Waals surface area contributed by atoms with E-state index in [9.17, 15) is 0 Å². The number of rotatable bonds is 5. The van der Waals surface area contributed by atoms with Crippen molar-refractivity contribution >= 4 is 5.69 Å². The van der Waals surface area contributed by atoms with E-state index in [-0.39, 0.29) is 0 Å². The maximum atomic E-state index is 5.64.